The van der Waals surface area contributed by atoms with Gasteiger partial charge in [0.2, 0.25) is 0 Å². The van der Waals surface area contributed by atoms with Crippen LogP contribution < -0.4 is 16.0 Å². The predicted molar refractivity (Wildman–Crippen MR) is 95.4 cm³/mol. The molecule has 6 nitrogen and oxygen atoms in total. The van der Waals surface area contributed by atoms with Crippen LogP contribution in [0.15, 0.2) is 35.3 Å². The quantitative estimate of drug-likeness (QED) is 0.272. The molecule has 118 valence electrons. The number of rotatable bonds is 7. The fourth-order valence-corrected chi connectivity index (χ4v) is 1.54. The minimum absolute atomic E-state index is 0. The molecule has 21 heavy (non-hydrogen) atoms. The molecule has 0 fully saturated rings. The van der Waals surface area contributed by atoms with Crippen molar-refractivity contribution in [3.63, 3.8) is 0 Å². The zero-order valence-electron chi connectivity index (χ0n) is 12.4. The number of carbonyl (C=O) groups is 1. The minimum Gasteiger partial charge on any atom is -0.383 e. The van der Waals surface area contributed by atoms with Gasteiger partial charge in [-0.05, 0) is 12.1 Å². The molecule has 1 aromatic rings. The highest BCUT2D eigenvalue weighted by atomic mass is 127. The first-order valence-corrected chi connectivity index (χ1v) is 6.54. The molecular weight excluding hydrogens is 383 g/mol. The van der Waals surface area contributed by atoms with Gasteiger partial charge >= 0.3 is 0 Å². The van der Waals surface area contributed by atoms with Gasteiger partial charge in [0.1, 0.15) is 0 Å². The molecule has 1 rings (SSSR count). The van der Waals surface area contributed by atoms with Gasteiger partial charge in [0.15, 0.2) is 5.96 Å². The van der Waals surface area contributed by atoms with Gasteiger partial charge in [-0.3, -0.25) is 9.79 Å². The maximum absolute atomic E-state index is 11.8. The van der Waals surface area contributed by atoms with Crippen molar-refractivity contribution < 1.29 is 9.53 Å². The van der Waals surface area contributed by atoms with E-state index in [2.05, 4.69) is 20.9 Å². The van der Waals surface area contributed by atoms with Gasteiger partial charge < -0.3 is 20.7 Å². The van der Waals surface area contributed by atoms with Crippen LogP contribution >= 0.6 is 24.0 Å². The normalized spacial score (nSPS) is 10.5. The van der Waals surface area contributed by atoms with Crippen molar-refractivity contribution in [3.05, 3.63) is 35.9 Å². The smallest absolute Gasteiger partial charge is 0.251 e. The molecule has 0 saturated heterocycles. The zero-order chi connectivity index (χ0) is 14.6. The molecule has 0 saturated carbocycles. The van der Waals surface area contributed by atoms with Crippen molar-refractivity contribution in [1.82, 2.24) is 16.0 Å². The third-order valence-electron chi connectivity index (χ3n) is 2.56. The number of benzene rings is 1. The van der Waals surface area contributed by atoms with E-state index in [4.69, 9.17) is 4.74 Å². The van der Waals surface area contributed by atoms with Gasteiger partial charge in [0, 0.05) is 39.4 Å². The molecule has 0 aromatic heterocycles. The van der Waals surface area contributed by atoms with E-state index < -0.39 is 0 Å². The van der Waals surface area contributed by atoms with E-state index in [9.17, 15) is 4.79 Å². The third kappa shape index (κ3) is 8.51. The Balaban J connectivity index is 0.00000400. The standard InChI is InChI=1S/C14H22N4O2.HI/c1-15-14(18-10-11-20-2)17-9-8-16-13(19)12-6-4-3-5-7-12;/h3-7H,8-11H2,1-2H3,(H,16,19)(H2,15,17,18);1H. The lowest BCUT2D eigenvalue weighted by Crippen LogP contribution is -2.42. The van der Waals surface area contributed by atoms with E-state index in [1.165, 1.54) is 0 Å². The van der Waals surface area contributed by atoms with Crippen LogP contribution in [0.2, 0.25) is 0 Å². The van der Waals surface area contributed by atoms with E-state index in [0.29, 0.717) is 37.8 Å². The predicted octanol–water partition coefficient (Wildman–Crippen LogP) is 0.846. The summed E-state index contributed by atoms with van der Waals surface area (Å²) in [6, 6.07) is 9.14. The summed E-state index contributed by atoms with van der Waals surface area (Å²) >= 11 is 0. The summed E-state index contributed by atoms with van der Waals surface area (Å²) in [5, 5.41) is 9.03. The van der Waals surface area contributed by atoms with Crippen LogP contribution in [0.3, 0.4) is 0 Å². The molecule has 0 atom stereocenters. The second-order valence-electron chi connectivity index (χ2n) is 4.04. The SMILES string of the molecule is CN=C(NCCNC(=O)c1ccccc1)NCCOC.I. The van der Waals surface area contributed by atoms with Crippen LogP contribution in [-0.2, 0) is 4.74 Å². The number of hydrogen-bond acceptors (Lipinski definition) is 3. The number of nitrogens with zero attached hydrogens (tertiary/aromatic N) is 1. The van der Waals surface area contributed by atoms with Crippen LogP contribution in [-0.4, -0.2) is 52.3 Å². The number of guanidine groups is 1. The monoisotopic (exact) mass is 406 g/mol. The fourth-order valence-electron chi connectivity index (χ4n) is 1.54. The molecule has 0 heterocycles. The Bertz CT molecular complexity index is 426. The zero-order valence-corrected chi connectivity index (χ0v) is 14.7. The molecule has 0 aliphatic carbocycles. The maximum atomic E-state index is 11.8. The first-order valence-electron chi connectivity index (χ1n) is 6.54. The van der Waals surface area contributed by atoms with Crippen molar-refractivity contribution in [3.8, 4) is 0 Å². The summed E-state index contributed by atoms with van der Waals surface area (Å²) in [6.45, 7) is 2.43. The van der Waals surface area contributed by atoms with Crippen molar-refractivity contribution in [1.29, 1.82) is 0 Å². The first kappa shape index (κ1) is 19.7. The van der Waals surface area contributed by atoms with Gasteiger partial charge in [0.25, 0.3) is 5.91 Å². The second-order valence-corrected chi connectivity index (χ2v) is 4.04. The van der Waals surface area contributed by atoms with E-state index in [-0.39, 0.29) is 29.9 Å². The van der Waals surface area contributed by atoms with Crippen LogP contribution in [0.25, 0.3) is 0 Å². The van der Waals surface area contributed by atoms with Crippen molar-refractivity contribution in [2.24, 2.45) is 4.99 Å². The van der Waals surface area contributed by atoms with Crippen LogP contribution in [0.4, 0.5) is 0 Å². The minimum atomic E-state index is -0.0743. The highest BCUT2D eigenvalue weighted by molar-refractivity contribution is 14.0. The highest BCUT2D eigenvalue weighted by Crippen LogP contribution is 1.96. The van der Waals surface area contributed by atoms with Crippen LogP contribution in [0, 0.1) is 0 Å². The summed E-state index contributed by atoms with van der Waals surface area (Å²) < 4.78 is 4.94. The Labute approximate surface area is 142 Å². The molecule has 0 aliphatic heterocycles. The van der Waals surface area contributed by atoms with Gasteiger partial charge in [-0.25, -0.2) is 0 Å². The average Bonchev–Trinajstić information content (AvgIpc) is 2.50. The van der Waals surface area contributed by atoms with E-state index in [1.54, 1.807) is 26.3 Å². The summed E-state index contributed by atoms with van der Waals surface area (Å²) in [6.07, 6.45) is 0. The van der Waals surface area contributed by atoms with E-state index >= 15 is 0 Å². The van der Waals surface area contributed by atoms with Crippen LogP contribution in [0.1, 0.15) is 10.4 Å². The number of halogens is 1. The highest BCUT2D eigenvalue weighted by Gasteiger charge is 2.03. The lowest BCUT2D eigenvalue weighted by molar-refractivity contribution is 0.0954. The van der Waals surface area contributed by atoms with Crippen molar-refractivity contribution >= 4 is 35.8 Å². The Hall–Kier alpha value is -1.35. The first-order chi connectivity index (χ1) is 9.77. The molecule has 0 aliphatic rings. The number of hydrogen-bond donors (Lipinski definition) is 3. The lowest BCUT2D eigenvalue weighted by atomic mass is 10.2. The number of ether oxygens (including phenoxy) is 1. The molecule has 0 bridgehead atoms. The summed E-state index contributed by atoms with van der Waals surface area (Å²) in [5.74, 6) is 0.616. The third-order valence-corrected chi connectivity index (χ3v) is 2.56. The maximum Gasteiger partial charge on any atom is 0.251 e. The summed E-state index contributed by atoms with van der Waals surface area (Å²) in [5.41, 5.74) is 0.662. The summed E-state index contributed by atoms with van der Waals surface area (Å²) in [4.78, 5) is 15.8. The van der Waals surface area contributed by atoms with Gasteiger partial charge in [-0.1, -0.05) is 18.2 Å². The molecule has 1 amide bonds. The average molecular weight is 406 g/mol. The number of amides is 1. The van der Waals surface area contributed by atoms with Crippen LogP contribution in [0.5, 0.6) is 0 Å². The molecule has 1 aromatic carbocycles. The number of nitrogens with one attached hydrogen (secondary N) is 3. The Morgan fingerprint density at radius 3 is 2.33 bits per heavy atom. The molecule has 0 unspecified atom stereocenters. The molecule has 7 heteroatoms. The van der Waals surface area contributed by atoms with E-state index in [0.717, 1.165) is 0 Å². The largest absolute Gasteiger partial charge is 0.383 e. The van der Waals surface area contributed by atoms with Crippen molar-refractivity contribution in [2.75, 3.05) is 40.4 Å². The van der Waals surface area contributed by atoms with Gasteiger partial charge in [0.05, 0.1) is 6.61 Å². The topological polar surface area (TPSA) is 74.8 Å². The Kier molecular flexibility index (Phi) is 11.6. The fraction of sp³-hybridized carbons (Fsp3) is 0.429. The Morgan fingerprint density at radius 1 is 1.10 bits per heavy atom. The van der Waals surface area contributed by atoms with Gasteiger partial charge in [-0.2, -0.15) is 0 Å². The molecule has 0 spiro atoms. The summed E-state index contributed by atoms with van der Waals surface area (Å²) in [7, 11) is 3.35. The number of aliphatic imine (C=N–C) groups is 1. The van der Waals surface area contributed by atoms with E-state index in [1.807, 2.05) is 18.2 Å². The molecular formula is C14H23IN4O2. The molecule has 3 N–H and O–H groups in total. The lowest BCUT2D eigenvalue weighted by Gasteiger charge is -2.11. The Morgan fingerprint density at radius 2 is 1.71 bits per heavy atom. The van der Waals surface area contributed by atoms with Gasteiger partial charge in [-0.15, -0.1) is 24.0 Å². The molecule has 0 radical (unpaired) electrons. The number of carbonyl (C=O) groups excluding carboxylic acids is 1. The van der Waals surface area contributed by atoms with Crippen molar-refractivity contribution in [2.45, 2.75) is 0 Å². The number of methoxy groups -OCH3 is 1. The second kappa shape index (κ2) is 12.4.